The average molecular weight is 481 g/mol. The molecule has 170 valence electrons. The van der Waals surface area contributed by atoms with Gasteiger partial charge < -0.3 is 0 Å². The zero-order valence-corrected chi connectivity index (χ0v) is 20.2. The van der Waals surface area contributed by atoms with Crippen molar-refractivity contribution in [3.05, 3.63) is 78.8 Å². The van der Waals surface area contributed by atoms with E-state index < -0.39 is 24.9 Å². The molecule has 0 amide bonds. The summed E-state index contributed by atoms with van der Waals surface area (Å²) in [6.07, 6.45) is 7.51. The Bertz CT molecular complexity index is 1560. The first-order chi connectivity index (χ1) is 15.5. The third-order valence-electron chi connectivity index (χ3n) is 5.67. The minimum atomic E-state index is -3.38. The number of hydrogen-bond donors (Lipinski definition) is 0. The zero-order valence-electron chi connectivity index (χ0n) is 18.6. The molecule has 0 aliphatic heterocycles. The van der Waals surface area contributed by atoms with Crippen LogP contribution in [0.4, 0.5) is 0 Å². The molecule has 6 nitrogen and oxygen atoms in total. The van der Waals surface area contributed by atoms with Crippen molar-refractivity contribution in [2.24, 2.45) is 0 Å². The van der Waals surface area contributed by atoms with Crippen LogP contribution in [-0.2, 0) is 26.1 Å². The molecule has 0 aliphatic carbocycles. The summed E-state index contributed by atoms with van der Waals surface area (Å²) in [6, 6.07) is 17.1. The SMILES string of the molecule is CC(Cc1cc(-c2cccc(-c3cncc(S(C)(=O)=O)c3)c2)c2ncccc2c1)S(C)(=O)=O. The van der Waals surface area contributed by atoms with E-state index in [0.717, 1.165) is 39.4 Å². The monoisotopic (exact) mass is 480 g/mol. The Morgan fingerprint density at radius 2 is 1.61 bits per heavy atom. The molecule has 0 aliphatic rings. The second kappa shape index (κ2) is 8.68. The number of benzene rings is 2. The highest BCUT2D eigenvalue weighted by molar-refractivity contribution is 7.91. The molecule has 2 aromatic carbocycles. The van der Waals surface area contributed by atoms with Gasteiger partial charge in [-0.05, 0) is 60.4 Å². The van der Waals surface area contributed by atoms with Crippen molar-refractivity contribution in [2.75, 3.05) is 12.5 Å². The lowest BCUT2D eigenvalue weighted by molar-refractivity contribution is 0.588. The van der Waals surface area contributed by atoms with E-state index in [0.29, 0.717) is 12.0 Å². The van der Waals surface area contributed by atoms with Crippen molar-refractivity contribution in [3.8, 4) is 22.3 Å². The lowest BCUT2D eigenvalue weighted by atomic mass is 9.95. The molecular weight excluding hydrogens is 456 g/mol. The molecule has 0 N–H and O–H groups in total. The predicted molar refractivity (Wildman–Crippen MR) is 132 cm³/mol. The van der Waals surface area contributed by atoms with E-state index in [4.69, 9.17) is 0 Å². The van der Waals surface area contributed by atoms with Gasteiger partial charge in [-0.15, -0.1) is 0 Å². The van der Waals surface area contributed by atoms with E-state index in [-0.39, 0.29) is 4.90 Å². The number of hydrogen-bond acceptors (Lipinski definition) is 6. The maximum absolute atomic E-state index is 12.0. The third kappa shape index (κ3) is 5.12. The molecule has 8 heteroatoms. The molecular formula is C25H24N2O4S2. The third-order valence-corrected chi connectivity index (χ3v) is 8.37. The van der Waals surface area contributed by atoms with Gasteiger partial charge in [0.1, 0.15) is 9.84 Å². The predicted octanol–water partition coefficient (Wildman–Crippen LogP) is 4.34. The fraction of sp³-hybridized carbons (Fsp3) is 0.200. The van der Waals surface area contributed by atoms with Crippen molar-refractivity contribution in [2.45, 2.75) is 23.5 Å². The van der Waals surface area contributed by atoms with Gasteiger partial charge in [-0.25, -0.2) is 16.8 Å². The second-order valence-corrected chi connectivity index (χ2v) is 12.8. The van der Waals surface area contributed by atoms with Gasteiger partial charge in [0, 0.05) is 47.6 Å². The van der Waals surface area contributed by atoms with Crippen LogP contribution < -0.4 is 0 Å². The first-order valence-corrected chi connectivity index (χ1v) is 14.2. The molecule has 2 heterocycles. The van der Waals surface area contributed by atoms with Gasteiger partial charge in [0.2, 0.25) is 0 Å². The molecule has 0 saturated heterocycles. The van der Waals surface area contributed by atoms with E-state index in [2.05, 4.69) is 9.97 Å². The van der Waals surface area contributed by atoms with Crippen LogP contribution in [0, 0.1) is 0 Å². The minimum Gasteiger partial charge on any atom is -0.263 e. The molecule has 4 aromatic rings. The lowest BCUT2D eigenvalue weighted by Crippen LogP contribution is -2.18. The largest absolute Gasteiger partial charge is 0.263 e. The van der Waals surface area contributed by atoms with Gasteiger partial charge in [0.25, 0.3) is 0 Å². The summed E-state index contributed by atoms with van der Waals surface area (Å²) in [5, 5.41) is 0.424. The summed E-state index contributed by atoms with van der Waals surface area (Å²) >= 11 is 0. The van der Waals surface area contributed by atoms with Crippen LogP contribution in [0.5, 0.6) is 0 Å². The number of sulfone groups is 2. The first kappa shape index (κ1) is 23.1. The van der Waals surface area contributed by atoms with Gasteiger partial charge in [-0.3, -0.25) is 9.97 Å². The van der Waals surface area contributed by atoms with Crippen LogP contribution in [0.3, 0.4) is 0 Å². The normalized spacial score (nSPS) is 13.2. The molecule has 4 rings (SSSR count). The van der Waals surface area contributed by atoms with Crippen LogP contribution in [0.25, 0.3) is 33.2 Å². The van der Waals surface area contributed by atoms with Crippen LogP contribution in [0.1, 0.15) is 12.5 Å². The zero-order chi connectivity index (χ0) is 23.8. The maximum Gasteiger partial charge on any atom is 0.177 e. The average Bonchev–Trinajstić information content (AvgIpc) is 2.77. The summed E-state index contributed by atoms with van der Waals surface area (Å²) in [6.45, 7) is 1.71. The highest BCUT2D eigenvalue weighted by Gasteiger charge is 2.17. The molecule has 0 saturated carbocycles. The summed E-state index contributed by atoms with van der Waals surface area (Å²) in [5.41, 5.74) is 5.03. The summed E-state index contributed by atoms with van der Waals surface area (Å²) in [5.74, 6) is 0. The van der Waals surface area contributed by atoms with Gasteiger partial charge in [-0.2, -0.15) is 0 Å². The van der Waals surface area contributed by atoms with Gasteiger partial charge in [0.05, 0.1) is 15.7 Å². The van der Waals surface area contributed by atoms with Gasteiger partial charge in [-0.1, -0.05) is 24.3 Å². The molecule has 2 aromatic heterocycles. The van der Waals surface area contributed by atoms with Gasteiger partial charge in [0.15, 0.2) is 9.84 Å². The second-order valence-electron chi connectivity index (χ2n) is 8.33. The van der Waals surface area contributed by atoms with Crippen molar-refractivity contribution in [1.82, 2.24) is 9.97 Å². The Kier molecular flexibility index (Phi) is 6.07. The number of nitrogens with zero attached hydrogens (tertiary/aromatic N) is 2. The van der Waals surface area contributed by atoms with Crippen LogP contribution >= 0.6 is 0 Å². The summed E-state index contributed by atoms with van der Waals surface area (Å²) in [7, 11) is -6.54. The number of pyridine rings is 2. The van der Waals surface area contributed by atoms with Crippen molar-refractivity contribution < 1.29 is 16.8 Å². The van der Waals surface area contributed by atoms with Crippen molar-refractivity contribution in [1.29, 1.82) is 0 Å². The topological polar surface area (TPSA) is 94.1 Å². The number of rotatable bonds is 6. The Hall–Kier alpha value is -3.10. The molecule has 1 atom stereocenters. The molecule has 0 radical (unpaired) electrons. The van der Waals surface area contributed by atoms with Crippen molar-refractivity contribution >= 4 is 30.6 Å². The smallest absolute Gasteiger partial charge is 0.177 e. The van der Waals surface area contributed by atoms with Crippen LogP contribution in [0.2, 0.25) is 0 Å². The maximum atomic E-state index is 12.0. The molecule has 33 heavy (non-hydrogen) atoms. The van der Waals surface area contributed by atoms with E-state index in [1.54, 1.807) is 25.4 Å². The summed E-state index contributed by atoms with van der Waals surface area (Å²) < 4.78 is 47.9. The van der Waals surface area contributed by atoms with Gasteiger partial charge >= 0.3 is 0 Å². The minimum absolute atomic E-state index is 0.161. The Balaban J connectivity index is 1.84. The Labute approximate surface area is 194 Å². The standard InChI is InChI=1S/C25H24N2O4S2/c1-17(32(2,28)29)10-18-11-21-8-5-9-27-25(21)24(12-18)20-7-4-6-19(13-20)22-14-23(16-26-15-22)33(3,30)31/h4-9,11-17H,10H2,1-3H3. The number of fused-ring (bicyclic) bond motifs is 1. The fourth-order valence-corrected chi connectivity index (χ4v) is 4.81. The summed E-state index contributed by atoms with van der Waals surface area (Å²) in [4.78, 5) is 8.83. The van der Waals surface area contributed by atoms with Crippen LogP contribution in [-0.4, -0.2) is 44.6 Å². The van der Waals surface area contributed by atoms with Crippen molar-refractivity contribution in [3.63, 3.8) is 0 Å². The molecule has 1 unspecified atom stereocenters. The Morgan fingerprint density at radius 1 is 0.848 bits per heavy atom. The van der Waals surface area contributed by atoms with E-state index in [1.165, 1.54) is 12.5 Å². The molecule has 0 bridgehead atoms. The Morgan fingerprint density at radius 3 is 2.33 bits per heavy atom. The lowest BCUT2D eigenvalue weighted by Gasteiger charge is -2.14. The molecule has 0 fully saturated rings. The van der Waals surface area contributed by atoms with E-state index in [1.807, 2.05) is 48.5 Å². The first-order valence-electron chi connectivity index (χ1n) is 10.3. The highest BCUT2D eigenvalue weighted by Crippen LogP contribution is 2.32. The van der Waals surface area contributed by atoms with Crippen LogP contribution in [0.15, 0.2) is 78.1 Å². The fourth-order valence-electron chi connectivity index (χ4n) is 3.72. The van der Waals surface area contributed by atoms with E-state index >= 15 is 0 Å². The highest BCUT2D eigenvalue weighted by atomic mass is 32.2. The number of aromatic nitrogens is 2. The molecule has 0 spiro atoms. The van der Waals surface area contributed by atoms with E-state index in [9.17, 15) is 16.8 Å². The quantitative estimate of drug-likeness (QED) is 0.407.